The van der Waals surface area contributed by atoms with Crippen molar-refractivity contribution in [2.45, 2.75) is 37.8 Å². The molecule has 0 spiro atoms. The van der Waals surface area contributed by atoms with Gasteiger partial charge in [0.15, 0.2) is 11.0 Å². The molecule has 7 heteroatoms. The smallest absolute Gasteiger partial charge is 0.251 e. The first kappa shape index (κ1) is 19.5. The number of aryl methyl sites for hydroxylation is 1. The molecule has 0 aliphatic carbocycles. The first-order valence-corrected chi connectivity index (χ1v) is 10.1. The number of hydrogen-bond acceptors (Lipinski definition) is 4. The monoisotopic (exact) mass is 400 g/mol. The largest absolute Gasteiger partial charge is 0.345 e. The highest BCUT2D eigenvalue weighted by molar-refractivity contribution is 7.98. The minimum Gasteiger partial charge on any atom is -0.345 e. The molecule has 140 valence electrons. The van der Waals surface area contributed by atoms with Crippen molar-refractivity contribution < 1.29 is 4.79 Å². The zero-order valence-corrected chi connectivity index (χ0v) is 16.8. The van der Waals surface area contributed by atoms with Crippen molar-refractivity contribution in [2.24, 2.45) is 0 Å². The van der Waals surface area contributed by atoms with E-state index in [1.807, 2.05) is 66.9 Å². The van der Waals surface area contributed by atoms with Gasteiger partial charge >= 0.3 is 0 Å². The molecule has 0 radical (unpaired) electrons. The number of benzene rings is 2. The molecule has 0 unspecified atom stereocenters. The highest BCUT2D eigenvalue weighted by Crippen LogP contribution is 2.23. The molecule has 1 amide bonds. The predicted molar refractivity (Wildman–Crippen MR) is 109 cm³/mol. The number of nitrogens with zero attached hydrogens (tertiary/aromatic N) is 3. The molecular formula is C20H21ClN4OS. The summed E-state index contributed by atoms with van der Waals surface area (Å²) in [5, 5.41) is 13.1. The lowest BCUT2D eigenvalue weighted by molar-refractivity contribution is 0.0949. The van der Waals surface area contributed by atoms with E-state index < -0.39 is 0 Å². The molecule has 0 atom stereocenters. The summed E-state index contributed by atoms with van der Waals surface area (Å²) in [6, 6.07) is 15.3. The fourth-order valence-electron chi connectivity index (χ4n) is 2.68. The molecular weight excluding hydrogens is 380 g/mol. The van der Waals surface area contributed by atoms with Crippen molar-refractivity contribution >= 4 is 29.3 Å². The summed E-state index contributed by atoms with van der Waals surface area (Å²) in [4.78, 5) is 12.4. The molecule has 1 aromatic heterocycles. The Balaban J connectivity index is 1.64. The lowest BCUT2D eigenvalue weighted by atomic mass is 10.1. The molecule has 0 aliphatic heterocycles. The van der Waals surface area contributed by atoms with Crippen LogP contribution in [0, 0.1) is 6.92 Å². The average molecular weight is 401 g/mol. The van der Waals surface area contributed by atoms with E-state index in [4.69, 9.17) is 11.6 Å². The lowest BCUT2D eigenvalue weighted by Crippen LogP contribution is -2.25. The van der Waals surface area contributed by atoms with Crippen molar-refractivity contribution in [1.82, 2.24) is 20.1 Å². The van der Waals surface area contributed by atoms with E-state index in [0.29, 0.717) is 12.1 Å². The van der Waals surface area contributed by atoms with Crippen LogP contribution >= 0.6 is 23.4 Å². The van der Waals surface area contributed by atoms with Gasteiger partial charge in [-0.05, 0) is 43.2 Å². The Morgan fingerprint density at radius 1 is 1.15 bits per heavy atom. The fraction of sp³-hybridized carbons (Fsp3) is 0.250. The zero-order valence-electron chi connectivity index (χ0n) is 15.3. The van der Waals surface area contributed by atoms with Gasteiger partial charge in [0, 0.05) is 22.9 Å². The van der Waals surface area contributed by atoms with Crippen LogP contribution in [0.2, 0.25) is 5.02 Å². The van der Waals surface area contributed by atoms with Gasteiger partial charge in [-0.3, -0.25) is 4.79 Å². The van der Waals surface area contributed by atoms with Gasteiger partial charge in [-0.2, -0.15) is 0 Å². The van der Waals surface area contributed by atoms with Crippen LogP contribution in [0.4, 0.5) is 0 Å². The third-order valence-corrected chi connectivity index (χ3v) is 5.48. The number of nitrogens with one attached hydrogen (secondary N) is 1. The summed E-state index contributed by atoms with van der Waals surface area (Å²) in [7, 11) is 0. The van der Waals surface area contributed by atoms with E-state index >= 15 is 0 Å². The van der Waals surface area contributed by atoms with Crippen molar-refractivity contribution in [1.29, 1.82) is 0 Å². The van der Waals surface area contributed by atoms with Crippen molar-refractivity contribution in [3.8, 4) is 0 Å². The third-order valence-electron chi connectivity index (χ3n) is 4.19. The minimum atomic E-state index is -0.103. The fourth-order valence-corrected chi connectivity index (χ4v) is 3.79. The predicted octanol–water partition coefficient (Wildman–Crippen LogP) is 4.48. The Labute approximate surface area is 168 Å². The summed E-state index contributed by atoms with van der Waals surface area (Å²) in [5.74, 6) is 1.43. The molecule has 2 aromatic carbocycles. The second-order valence-corrected chi connectivity index (χ2v) is 7.43. The molecule has 0 saturated carbocycles. The normalized spacial score (nSPS) is 10.8. The highest BCUT2D eigenvalue weighted by atomic mass is 35.5. The topological polar surface area (TPSA) is 59.8 Å². The molecule has 1 N–H and O–H groups in total. The second kappa shape index (κ2) is 9.06. The standard InChI is InChI=1S/C20H21ClN4OS/c1-3-25-18(12-22-19(26)17-7-5-4-6-14(17)2)23-24-20(25)27-13-15-8-10-16(21)11-9-15/h4-11H,3,12-13H2,1-2H3,(H,22,26). The lowest BCUT2D eigenvalue weighted by Gasteiger charge is -2.09. The summed E-state index contributed by atoms with van der Waals surface area (Å²) < 4.78 is 2.03. The number of rotatable bonds is 7. The van der Waals surface area contributed by atoms with Gasteiger partial charge in [0.25, 0.3) is 5.91 Å². The Hall–Kier alpha value is -2.31. The van der Waals surface area contributed by atoms with Crippen LogP contribution in [-0.2, 0) is 18.8 Å². The van der Waals surface area contributed by atoms with Gasteiger partial charge in [0.1, 0.15) is 0 Å². The molecule has 5 nitrogen and oxygen atoms in total. The molecule has 0 fully saturated rings. The van der Waals surface area contributed by atoms with E-state index in [9.17, 15) is 4.79 Å². The van der Waals surface area contributed by atoms with Crippen LogP contribution in [0.3, 0.4) is 0 Å². The maximum atomic E-state index is 12.4. The van der Waals surface area contributed by atoms with Gasteiger partial charge in [0.2, 0.25) is 0 Å². The minimum absolute atomic E-state index is 0.103. The summed E-state index contributed by atoms with van der Waals surface area (Å²) in [6.07, 6.45) is 0. The number of hydrogen-bond donors (Lipinski definition) is 1. The maximum Gasteiger partial charge on any atom is 0.251 e. The van der Waals surface area contributed by atoms with Crippen LogP contribution in [0.15, 0.2) is 53.7 Å². The number of carbonyl (C=O) groups excluding carboxylic acids is 1. The van der Waals surface area contributed by atoms with Crippen LogP contribution in [0.5, 0.6) is 0 Å². The molecule has 3 rings (SSSR count). The number of aromatic nitrogens is 3. The first-order chi connectivity index (χ1) is 13.1. The molecule has 3 aromatic rings. The van der Waals surface area contributed by atoms with Gasteiger partial charge < -0.3 is 9.88 Å². The van der Waals surface area contributed by atoms with Crippen molar-refractivity contribution in [3.63, 3.8) is 0 Å². The SMILES string of the molecule is CCn1c(CNC(=O)c2ccccc2C)nnc1SCc1ccc(Cl)cc1. The number of amides is 1. The maximum absolute atomic E-state index is 12.4. The van der Waals surface area contributed by atoms with Gasteiger partial charge in [-0.1, -0.05) is 53.7 Å². The van der Waals surface area contributed by atoms with Gasteiger partial charge in [-0.25, -0.2) is 0 Å². The first-order valence-electron chi connectivity index (χ1n) is 8.71. The van der Waals surface area contributed by atoms with Gasteiger partial charge in [0.05, 0.1) is 6.54 Å². The Bertz CT molecular complexity index is 924. The molecule has 0 saturated heterocycles. The molecule has 1 heterocycles. The van der Waals surface area contributed by atoms with E-state index in [0.717, 1.165) is 33.9 Å². The average Bonchev–Trinajstić information content (AvgIpc) is 3.08. The molecule has 27 heavy (non-hydrogen) atoms. The van der Waals surface area contributed by atoms with Crippen LogP contribution in [-0.4, -0.2) is 20.7 Å². The number of halogens is 1. The Kier molecular flexibility index (Phi) is 6.53. The van der Waals surface area contributed by atoms with E-state index in [-0.39, 0.29) is 5.91 Å². The third kappa shape index (κ3) is 4.90. The van der Waals surface area contributed by atoms with Crippen molar-refractivity contribution in [2.75, 3.05) is 0 Å². The van der Waals surface area contributed by atoms with E-state index in [2.05, 4.69) is 15.5 Å². The quantitative estimate of drug-likeness (QED) is 0.594. The summed E-state index contributed by atoms with van der Waals surface area (Å²) in [6.45, 7) is 5.05. The van der Waals surface area contributed by atoms with Crippen LogP contribution < -0.4 is 5.32 Å². The summed E-state index contributed by atoms with van der Waals surface area (Å²) >= 11 is 7.54. The molecule has 0 aliphatic rings. The van der Waals surface area contributed by atoms with Gasteiger partial charge in [-0.15, -0.1) is 10.2 Å². The Morgan fingerprint density at radius 3 is 2.59 bits per heavy atom. The van der Waals surface area contributed by atoms with E-state index in [1.165, 1.54) is 5.56 Å². The number of carbonyl (C=O) groups is 1. The van der Waals surface area contributed by atoms with Crippen LogP contribution in [0.25, 0.3) is 0 Å². The van der Waals surface area contributed by atoms with Crippen molar-refractivity contribution in [3.05, 3.63) is 76.1 Å². The Morgan fingerprint density at radius 2 is 1.89 bits per heavy atom. The highest BCUT2D eigenvalue weighted by Gasteiger charge is 2.14. The van der Waals surface area contributed by atoms with E-state index in [1.54, 1.807) is 11.8 Å². The van der Waals surface area contributed by atoms with Crippen LogP contribution in [0.1, 0.15) is 34.2 Å². The zero-order chi connectivity index (χ0) is 19.2. The number of thioether (sulfide) groups is 1. The summed E-state index contributed by atoms with van der Waals surface area (Å²) in [5.41, 5.74) is 2.80. The second-order valence-electron chi connectivity index (χ2n) is 6.06. The molecule has 0 bridgehead atoms.